The summed E-state index contributed by atoms with van der Waals surface area (Å²) in [4.78, 5) is 12.7. The highest BCUT2D eigenvalue weighted by molar-refractivity contribution is 7.99. The van der Waals surface area contributed by atoms with Crippen molar-refractivity contribution in [2.24, 2.45) is 0 Å². The summed E-state index contributed by atoms with van der Waals surface area (Å²) in [6, 6.07) is 16.0. The predicted molar refractivity (Wildman–Crippen MR) is 139 cm³/mol. The summed E-state index contributed by atoms with van der Waals surface area (Å²) in [6.07, 6.45) is 2.68. The lowest BCUT2D eigenvalue weighted by atomic mass is 10.2. The van der Waals surface area contributed by atoms with E-state index in [0.29, 0.717) is 40.4 Å². The fourth-order valence-corrected chi connectivity index (χ4v) is 4.75. The van der Waals surface area contributed by atoms with Crippen molar-refractivity contribution in [2.45, 2.75) is 18.6 Å². The molecule has 12 heteroatoms. The van der Waals surface area contributed by atoms with Gasteiger partial charge in [-0.15, -0.1) is 10.2 Å². The maximum atomic E-state index is 12.7. The van der Waals surface area contributed by atoms with Crippen LogP contribution in [0.4, 0.5) is 11.4 Å². The molecule has 2 N–H and O–H groups in total. The number of nitrogens with zero attached hydrogens (tertiary/aromatic N) is 3. The number of furan rings is 1. The number of hydrogen-bond acceptors (Lipinski definition) is 8. The zero-order valence-electron chi connectivity index (χ0n) is 19.9. The predicted octanol–water partition coefficient (Wildman–Crippen LogP) is 4.01. The standard InChI is InChI=1S/C24H25N5O5S2/c1-16-6-11-21(33-2)20(13-16)25-22(30)15-35-24-27-26-23(29(24)14-19-5-4-12-34-19)17-7-9-18(10-8-17)28-36(3,31)32/h4-13,28H,14-15H2,1-3H3,(H,25,30). The summed E-state index contributed by atoms with van der Waals surface area (Å²) in [5, 5.41) is 12.0. The van der Waals surface area contributed by atoms with Gasteiger partial charge in [0.05, 0.1) is 37.6 Å². The first-order valence-corrected chi connectivity index (χ1v) is 13.7. The second kappa shape index (κ2) is 10.9. The molecular formula is C24H25N5O5S2. The van der Waals surface area contributed by atoms with Crippen LogP contribution >= 0.6 is 11.8 Å². The number of anilines is 2. The van der Waals surface area contributed by atoms with Gasteiger partial charge in [0.15, 0.2) is 11.0 Å². The molecule has 0 aliphatic rings. The molecule has 36 heavy (non-hydrogen) atoms. The zero-order chi connectivity index (χ0) is 25.7. The van der Waals surface area contributed by atoms with E-state index in [1.807, 2.05) is 29.7 Å². The van der Waals surface area contributed by atoms with Crippen molar-refractivity contribution in [3.8, 4) is 17.1 Å². The number of carbonyl (C=O) groups is 1. The minimum absolute atomic E-state index is 0.102. The van der Waals surface area contributed by atoms with Crippen molar-refractivity contribution >= 4 is 39.1 Å². The Kier molecular flexibility index (Phi) is 7.65. The van der Waals surface area contributed by atoms with E-state index in [1.165, 1.54) is 11.8 Å². The monoisotopic (exact) mass is 527 g/mol. The van der Waals surface area contributed by atoms with E-state index in [4.69, 9.17) is 9.15 Å². The Balaban J connectivity index is 1.54. The summed E-state index contributed by atoms with van der Waals surface area (Å²) < 4.78 is 38.1. The van der Waals surface area contributed by atoms with Crippen LogP contribution < -0.4 is 14.8 Å². The number of benzene rings is 2. The van der Waals surface area contributed by atoms with Gasteiger partial charge in [-0.25, -0.2) is 8.42 Å². The Morgan fingerprint density at radius 3 is 2.58 bits per heavy atom. The third kappa shape index (κ3) is 6.46. The van der Waals surface area contributed by atoms with Crippen LogP contribution in [0.5, 0.6) is 5.75 Å². The highest BCUT2D eigenvalue weighted by Crippen LogP contribution is 2.28. The summed E-state index contributed by atoms with van der Waals surface area (Å²) in [7, 11) is -1.83. The van der Waals surface area contributed by atoms with Crippen LogP contribution in [-0.2, 0) is 21.4 Å². The number of methoxy groups -OCH3 is 1. The molecule has 1 amide bonds. The number of ether oxygens (including phenoxy) is 1. The molecule has 0 fully saturated rings. The van der Waals surface area contributed by atoms with Gasteiger partial charge in [0.1, 0.15) is 11.5 Å². The highest BCUT2D eigenvalue weighted by atomic mass is 32.2. The van der Waals surface area contributed by atoms with Crippen LogP contribution in [0.3, 0.4) is 0 Å². The number of carbonyl (C=O) groups excluding carboxylic acids is 1. The van der Waals surface area contributed by atoms with E-state index in [-0.39, 0.29) is 11.7 Å². The summed E-state index contributed by atoms with van der Waals surface area (Å²) in [6.45, 7) is 2.29. The highest BCUT2D eigenvalue weighted by Gasteiger charge is 2.18. The molecule has 2 heterocycles. The number of amides is 1. The number of hydrogen-bond donors (Lipinski definition) is 2. The molecule has 0 radical (unpaired) electrons. The molecule has 0 spiro atoms. The maximum absolute atomic E-state index is 12.7. The van der Waals surface area contributed by atoms with E-state index >= 15 is 0 Å². The fourth-order valence-electron chi connectivity index (χ4n) is 3.45. The molecule has 0 saturated carbocycles. The first-order chi connectivity index (χ1) is 17.2. The van der Waals surface area contributed by atoms with E-state index in [9.17, 15) is 13.2 Å². The Hall–Kier alpha value is -3.77. The third-order valence-electron chi connectivity index (χ3n) is 5.02. The average Bonchev–Trinajstić information content (AvgIpc) is 3.48. The van der Waals surface area contributed by atoms with Crippen molar-refractivity contribution in [2.75, 3.05) is 29.2 Å². The first-order valence-electron chi connectivity index (χ1n) is 10.8. The zero-order valence-corrected chi connectivity index (χ0v) is 21.5. The number of thioether (sulfide) groups is 1. The molecule has 2 aromatic heterocycles. The van der Waals surface area contributed by atoms with Crippen molar-refractivity contribution < 1.29 is 22.4 Å². The smallest absolute Gasteiger partial charge is 0.234 e. The third-order valence-corrected chi connectivity index (χ3v) is 6.59. The van der Waals surface area contributed by atoms with Gasteiger partial charge in [0, 0.05) is 11.3 Å². The van der Waals surface area contributed by atoms with E-state index in [1.54, 1.807) is 49.8 Å². The quantitative estimate of drug-likeness (QED) is 0.296. The van der Waals surface area contributed by atoms with Crippen molar-refractivity contribution in [3.05, 3.63) is 72.2 Å². The SMILES string of the molecule is COc1ccc(C)cc1NC(=O)CSc1nnc(-c2ccc(NS(C)(=O)=O)cc2)n1Cc1ccco1. The van der Waals surface area contributed by atoms with Crippen LogP contribution in [0.25, 0.3) is 11.4 Å². The molecule has 0 saturated heterocycles. The minimum Gasteiger partial charge on any atom is -0.495 e. The summed E-state index contributed by atoms with van der Waals surface area (Å²) in [5.41, 5.74) is 2.77. The van der Waals surface area contributed by atoms with Gasteiger partial charge < -0.3 is 14.5 Å². The van der Waals surface area contributed by atoms with E-state index < -0.39 is 10.0 Å². The average molecular weight is 528 g/mol. The fraction of sp³-hybridized carbons (Fsp3) is 0.208. The number of aryl methyl sites for hydroxylation is 1. The van der Waals surface area contributed by atoms with Crippen molar-refractivity contribution in [3.63, 3.8) is 0 Å². The molecule has 188 valence electrons. The second-order valence-electron chi connectivity index (χ2n) is 7.96. The molecule has 4 rings (SSSR count). The molecule has 4 aromatic rings. The molecule has 0 aliphatic carbocycles. The van der Waals surface area contributed by atoms with Gasteiger partial charge in [-0.1, -0.05) is 17.8 Å². The van der Waals surface area contributed by atoms with Gasteiger partial charge in [-0.05, 0) is 61.0 Å². The van der Waals surface area contributed by atoms with Crippen LogP contribution in [0, 0.1) is 6.92 Å². The van der Waals surface area contributed by atoms with Gasteiger partial charge in [-0.3, -0.25) is 14.1 Å². The maximum Gasteiger partial charge on any atom is 0.234 e. The topological polar surface area (TPSA) is 128 Å². The Morgan fingerprint density at radius 2 is 1.92 bits per heavy atom. The Morgan fingerprint density at radius 1 is 1.14 bits per heavy atom. The number of sulfonamides is 1. The molecule has 0 unspecified atom stereocenters. The van der Waals surface area contributed by atoms with Gasteiger partial charge in [0.2, 0.25) is 15.9 Å². The van der Waals surface area contributed by atoms with Gasteiger partial charge in [0.25, 0.3) is 0 Å². The number of nitrogens with one attached hydrogen (secondary N) is 2. The molecule has 0 atom stereocenters. The van der Waals surface area contributed by atoms with Crippen LogP contribution in [0.2, 0.25) is 0 Å². The van der Waals surface area contributed by atoms with Crippen LogP contribution in [0.15, 0.2) is 70.4 Å². The Labute approximate surface area is 213 Å². The lowest BCUT2D eigenvalue weighted by Gasteiger charge is -2.12. The lowest BCUT2D eigenvalue weighted by molar-refractivity contribution is -0.113. The van der Waals surface area contributed by atoms with E-state index in [2.05, 4.69) is 20.2 Å². The first kappa shape index (κ1) is 25.3. The molecule has 2 aromatic carbocycles. The summed E-state index contributed by atoms with van der Waals surface area (Å²) in [5.74, 6) is 1.72. The minimum atomic E-state index is -3.38. The Bertz CT molecular complexity index is 1450. The van der Waals surface area contributed by atoms with Crippen LogP contribution in [0.1, 0.15) is 11.3 Å². The number of aromatic nitrogens is 3. The van der Waals surface area contributed by atoms with Gasteiger partial charge >= 0.3 is 0 Å². The molecule has 0 bridgehead atoms. The number of rotatable bonds is 10. The molecule has 0 aliphatic heterocycles. The second-order valence-corrected chi connectivity index (χ2v) is 10.7. The lowest BCUT2D eigenvalue weighted by Crippen LogP contribution is -2.15. The van der Waals surface area contributed by atoms with E-state index in [0.717, 1.165) is 17.4 Å². The largest absolute Gasteiger partial charge is 0.495 e. The molecular weight excluding hydrogens is 502 g/mol. The summed E-state index contributed by atoms with van der Waals surface area (Å²) >= 11 is 1.24. The molecule has 10 nitrogen and oxygen atoms in total. The normalized spacial score (nSPS) is 11.3. The van der Waals surface area contributed by atoms with Crippen LogP contribution in [-0.4, -0.2) is 48.2 Å². The van der Waals surface area contributed by atoms with Gasteiger partial charge in [-0.2, -0.15) is 0 Å². The van der Waals surface area contributed by atoms with Crippen molar-refractivity contribution in [1.29, 1.82) is 0 Å². The van der Waals surface area contributed by atoms with Crippen molar-refractivity contribution in [1.82, 2.24) is 14.8 Å².